The SMILES string of the molecule is CCCCCc1ccc(Br)cc1CC. The lowest BCUT2D eigenvalue weighted by atomic mass is 10.00. The van der Waals surface area contributed by atoms with E-state index in [0.717, 1.165) is 6.42 Å². The Morgan fingerprint density at radius 1 is 1.07 bits per heavy atom. The lowest BCUT2D eigenvalue weighted by Crippen LogP contribution is -1.93. The van der Waals surface area contributed by atoms with Crippen molar-refractivity contribution in [2.75, 3.05) is 0 Å². The molecule has 1 aromatic rings. The summed E-state index contributed by atoms with van der Waals surface area (Å²) >= 11 is 3.52. The minimum Gasteiger partial charge on any atom is -0.0654 e. The van der Waals surface area contributed by atoms with Gasteiger partial charge in [-0.3, -0.25) is 0 Å². The Morgan fingerprint density at radius 3 is 2.50 bits per heavy atom. The molecule has 0 atom stereocenters. The van der Waals surface area contributed by atoms with Crippen molar-refractivity contribution in [2.24, 2.45) is 0 Å². The molecular formula is C13H19Br. The molecule has 0 radical (unpaired) electrons. The van der Waals surface area contributed by atoms with E-state index in [1.165, 1.54) is 41.3 Å². The molecule has 0 spiro atoms. The maximum Gasteiger partial charge on any atom is 0.0178 e. The van der Waals surface area contributed by atoms with Crippen LogP contribution >= 0.6 is 15.9 Å². The van der Waals surface area contributed by atoms with E-state index >= 15 is 0 Å². The number of rotatable bonds is 5. The largest absolute Gasteiger partial charge is 0.0654 e. The molecule has 0 heterocycles. The van der Waals surface area contributed by atoms with Crippen molar-refractivity contribution >= 4 is 15.9 Å². The molecule has 0 aliphatic rings. The Labute approximate surface area is 95.9 Å². The smallest absolute Gasteiger partial charge is 0.0178 e. The summed E-state index contributed by atoms with van der Waals surface area (Å²) in [5, 5.41) is 0. The maximum absolute atomic E-state index is 3.52. The number of aryl methyl sites for hydroxylation is 2. The summed E-state index contributed by atoms with van der Waals surface area (Å²) in [5.74, 6) is 0. The summed E-state index contributed by atoms with van der Waals surface area (Å²) < 4.78 is 1.20. The van der Waals surface area contributed by atoms with Gasteiger partial charge in [0.1, 0.15) is 0 Å². The summed E-state index contributed by atoms with van der Waals surface area (Å²) in [5.41, 5.74) is 3.03. The van der Waals surface area contributed by atoms with Crippen molar-refractivity contribution in [1.29, 1.82) is 0 Å². The number of benzene rings is 1. The second-order valence-corrected chi connectivity index (χ2v) is 4.64. The van der Waals surface area contributed by atoms with Gasteiger partial charge in [-0.1, -0.05) is 48.7 Å². The summed E-state index contributed by atoms with van der Waals surface area (Å²) in [4.78, 5) is 0. The fourth-order valence-corrected chi connectivity index (χ4v) is 2.14. The van der Waals surface area contributed by atoms with Crippen molar-refractivity contribution in [3.63, 3.8) is 0 Å². The number of halogens is 1. The first-order valence-corrected chi connectivity index (χ1v) is 6.34. The second-order valence-electron chi connectivity index (χ2n) is 3.72. The van der Waals surface area contributed by atoms with E-state index in [4.69, 9.17) is 0 Å². The lowest BCUT2D eigenvalue weighted by molar-refractivity contribution is 0.713. The zero-order valence-electron chi connectivity index (χ0n) is 9.15. The normalized spacial score (nSPS) is 10.5. The van der Waals surface area contributed by atoms with Crippen molar-refractivity contribution in [3.05, 3.63) is 33.8 Å². The highest BCUT2D eigenvalue weighted by atomic mass is 79.9. The molecule has 0 aromatic heterocycles. The van der Waals surface area contributed by atoms with Crippen LogP contribution in [0.2, 0.25) is 0 Å². The fraction of sp³-hybridized carbons (Fsp3) is 0.538. The lowest BCUT2D eigenvalue weighted by Gasteiger charge is -2.07. The molecule has 0 aliphatic heterocycles. The van der Waals surface area contributed by atoms with E-state index < -0.39 is 0 Å². The molecule has 14 heavy (non-hydrogen) atoms. The van der Waals surface area contributed by atoms with E-state index in [-0.39, 0.29) is 0 Å². The van der Waals surface area contributed by atoms with Crippen LogP contribution in [-0.4, -0.2) is 0 Å². The van der Waals surface area contributed by atoms with E-state index in [1.807, 2.05) is 0 Å². The zero-order valence-corrected chi connectivity index (χ0v) is 10.7. The molecule has 1 heteroatoms. The van der Waals surface area contributed by atoms with E-state index in [1.54, 1.807) is 0 Å². The molecule has 0 fully saturated rings. The topological polar surface area (TPSA) is 0 Å². The minimum atomic E-state index is 1.14. The van der Waals surface area contributed by atoms with Crippen LogP contribution in [0.25, 0.3) is 0 Å². The standard InChI is InChI=1S/C13H19Br/c1-3-5-6-7-12-8-9-13(14)10-11(12)4-2/h8-10H,3-7H2,1-2H3. The first-order chi connectivity index (χ1) is 6.77. The molecule has 0 saturated heterocycles. The van der Waals surface area contributed by atoms with E-state index in [0.29, 0.717) is 0 Å². The minimum absolute atomic E-state index is 1.14. The van der Waals surface area contributed by atoms with Crippen LogP contribution in [0, 0.1) is 0 Å². The van der Waals surface area contributed by atoms with Gasteiger partial charge in [-0.15, -0.1) is 0 Å². The third-order valence-corrected chi connectivity index (χ3v) is 3.09. The Balaban J connectivity index is 2.65. The monoisotopic (exact) mass is 254 g/mol. The Bertz CT molecular complexity index is 279. The first kappa shape index (κ1) is 11.8. The predicted octanol–water partition coefficient (Wildman–Crippen LogP) is 4.74. The van der Waals surface area contributed by atoms with Crippen molar-refractivity contribution in [2.45, 2.75) is 46.0 Å². The summed E-state index contributed by atoms with van der Waals surface area (Å²) in [6, 6.07) is 6.67. The van der Waals surface area contributed by atoms with Gasteiger partial charge in [0.05, 0.1) is 0 Å². The van der Waals surface area contributed by atoms with Crippen LogP contribution in [0.3, 0.4) is 0 Å². The fourth-order valence-electron chi connectivity index (χ4n) is 1.73. The van der Waals surface area contributed by atoms with Gasteiger partial charge in [-0.25, -0.2) is 0 Å². The van der Waals surface area contributed by atoms with Crippen molar-refractivity contribution < 1.29 is 0 Å². The quantitative estimate of drug-likeness (QED) is 0.666. The van der Waals surface area contributed by atoms with Crippen LogP contribution < -0.4 is 0 Å². The number of unbranched alkanes of at least 4 members (excludes halogenated alkanes) is 2. The summed E-state index contributed by atoms with van der Waals surface area (Å²) in [7, 11) is 0. The summed E-state index contributed by atoms with van der Waals surface area (Å²) in [6.45, 7) is 4.48. The highest BCUT2D eigenvalue weighted by molar-refractivity contribution is 9.10. The average molecular weight is 255 g/mol. The molecule has 0 nitrogen and oxygen atoms in total. The third kappa shape index (κ3) is 3.45. The van der Waals surface area contributed by atoms with Crippen LogP contribution in [0.5, 0.6) is 0 Å². The molecule has 0 bridgehead atoms. The number of hydrogen-bond acceptors (Lipinski definition) is 0. The van der Waals surface area contributed by atoms with Gasteiger partial charge in [0, 0.05) is 4.47 Å². The molecule has 0 amide bonds. The van der Waals surface area contributed by atoms with Gasteiger partial charge >= 0.3 is 0 Å². The molecule has 0 N–H and O–H groups in total. The third-order valence-electron chi connectivity index (χ3n) is 2.60. The summed E-state index contributed by atoms with van der Waals surface area (Å²) in [6.07, 6.45) is 6.35. The Morgan fingerprint density at radius 2 is 1.86 bits per heavy atom. The van der Waals surface area contributed by atoms with Gasteiger partial charge < -0.3 is 0 Å². The molecule has 78 valence electrons. The van der Waals surface area contributed by atoms with Gasteiger partial charge in [0.2, 0.25) is 0 Å². The highest BCUT2D eigenvalue weighted by Gasteiger charge is 2.00. The molecule has 1 aromatic carbocycles. The molecule has 0 aliphatic carbocycles. The van der Waals surface area contributed by atoms with Crippen LogP contribution in [0.15, 0.2) is 22.7 Å². The molecule has 0 unspecified atom stereocenters. The molecular weight excluding hydrogens is 236 g/mol. The van der Waals surface area contributed by atoms with Gasteiger partial charge in [0.25, 0.3) is 0 Å². The van der Waals surface area contributed by atoms with E-state index in [2.05, 4.69) is 48.0 Å². The van der Waals surface area contributed by atoms with Gasteiger partial charge in [-0.2, -0.15) is 0 Å². The Kier molecular flexibility index (Phi) is 5.24. The van der Waals surface area contributed by atoms with Gasteiger partial charge in [0.15, 0.2) is 0 Å². The van der Waals surface area contributed by atoms with Crippen molar-refractivity contribution in [3.8, 4) is 0 Å². The second kappa shape index (κ2) is 6.23. The van der Waals surface area contributed by atoms with Crippen LogP contribution in [0.1, 0.15) is 44.2 Å². The van der Waals surface area contributed by atoms with Crippen LogP contribution in [-0.2, 0) is 12.8 Å². The van der Waals surface area contributed by atoms with Crippen LogP contribution in [0.4, 0.5) is 0 Å². The molecule has 0 saturated carbocycles. The van der Waals surface area contributed by atoms with Crippen molar-refractivity contribution in [1.82, 2.24) is 0 Å². The average Bonchev–Trinajstić information content (AvgIpc) is 2.20. The molecule has 1 rings (SSSR count). The van der Waals surface area contributed by atoms with Gasteiger partial charge in [-0.05, 0) is 42.5 Å². The maximum atomic E-state index is 3.52. The Hall–Kier alpha value is -0.300. The van der Waals surface area contributed by atoms with E-state index in [9.17, 15) is 0 Å². The predicted molar refractivity (Wildman–Crippen MR) is 66.7 cm³/mol. The number of hydrogen-bond donors (Lipinski definition) is 0. The zero-order chi connectivity index (χ0) is 10.4. The first-order valence-electron chi connectivity index (χ1n) is 5.55. The highest BCUT2D eigenvalue weighted by Crippen LogP contribution is 2.19.